The molecular weight excluding hydrogens is 318 g/mol. The van der Waals surface area contributed by atoms with Gasteiger partial charge in [0.25, 0.3) is 0 Å². The molecule has 0 spiro atoms. The molecule has 0 aromatic carbocycles. The molecule has 10 heteroatoms. The summed E-state index contributed by atoms with van der Waals surface area (Å²) >= 11 is 0. The highest BCUT2D eigenvalue weighted by atomic mass is 16.4. The van der Waals surface area contributed by atoms with Crippen LogP contribution in [0.3, 0.4) is 0 Å². The van der Waals surface area contributed by atoms with E-state index in [9.17, 15) is 19.2 Å². The Balaban J connectivity index is 2.54. The second kappa shape index (κ2) is 9.18. The molecule has 136 valence electrons. The third-order valence-corrected chi connectivity index (χ3v) is 3.68. The van der Waals surface area contributed by atoms with Gasteiger partial charge in [-0.3, -0.25) is 19.9 Å². The molecule has 4 amide bonds. The summed E-state index contributed by atoms with van der Waals surface area (Å²) in [7, 11) is 0. The Bertz CT molecular complexity index is 498. The number of nitrogens with one attached hydrogen (secondary N) is 3. The van der Waals surface area contributed by atoms with Crippen molar-refractivity contribution in [3.05, 3.63) is 0 Å². The second-order valence-electron chi connectivity index (χ2n) is 5.84. The van der Waals surface area contributed by atoms with E-state index in [2.05, 4.69) is 16.1 Å². The molecule has 0 aromatic heterocycles. The number of hydrazine groups is 1. The van der Waals surface area contributed by atoms with Crippen molar-refractivity contribution in [3.63, 3.8) is 0 Å². The highest BCUT2D eigenvalue weighted by Crippen LogP contribution is 2.06. The van der Waals surface area contributed by atoms with E-state index in [1.165, 1.54) is 6.92 Å². The molecule has 3 atom stereocenters. The van der Waals surface area contributed by atoms with Gasteiger partial charge in [0, 0.05) is 0 Å². The maximum atomic E-state index is 12.1. The molecule has 6 N–H and O–H groups in total. The SMILES string of the molecule is CC1CN(N[C@@H](C)C(=O)N[C@@H](CCCCN)C(=O)O)C(=O)NC1=O. The summed E-state index contributed by atoms with van der Waals surface area (Å²) in [5.74, 6) is -2.45. The van der Waals surface area contributed by atoms with E-state index in [1.807, 2.05) is 0 Å². The minimum absolute atomic E-state index is 0.126. The molecule has 1 unspecified atom stereocenters. The number of nitrogens with zero attached hydrogens (tertiary/aromatic N) is 1. The van der Waals surface area contributed by atoms with Gasteiger partial charge in [-0.15, -0.1) is 0 Å². The quantitative estimate of drug-likeness (QED) is 0.328. The largest absolute Gasteiger partial charge is 0.480 e. The third-order valence-electron chi connectivity index (χ3n) is 3.68. The first-order valence-electron chi connectivity index (χ1n) is 7.88. The van der Waals surface area contributed by atoms with E-state index in [0.29, 0.717) is 19.4 Å². The number of hydrogen-bond acceptors (Lipinski definition) is 6. The fourth-order valence-electron chi connectivity index (χ4n) is 2.19. The highest BCUT2D eigenvalue weighted by Gasteiger charge is 2.31. The Hall–Kier alpha value is -2.20. The normalized spacial score (nSPS) is 20.3. The van der Waals surface area contributed by atoms with E-state index >= 15 is 0 Å². The molecule has 1 aliphatic heterocycles. The number of aliphatic carboxylic acids is 1. The molecule has 0 radical (unpaired) electrons. The number of nitrogens with two attached hydrogens (primary N) is 1. The number of hydrogen-bond donors (Lipinski definition) is 5. The van der Waals surface area contributed by atoms with Crippen molar-refractivity contribution in [2.75, 3.05) is 13.1 Å². The lowest BCUT2D eigenvalue weighted by Crippen LogP contribution is -2.62. The summed E-state index contributed by atoms with van der Waals surface area (Å²) in [6.07, 6.45) is 1.54. The van der Waals surface area contributed by atoms with Gasteiger partial charge in [-0.05, 0) is 32.7 Å². The lowest BCUT2D eigenvalue weighted by Gasteiger charge is -2.32. The average Bonchev–Trinajstić information content (AvgIpc) is 2.51. The van der Waals surface area contributed by atoms with Gasteiger partial charge in [-0.25, -0.2) is 15.0 Å². The van der Waals surface area contributed by atoms with Gasteiger partial charge >= 0.3 is 12.0 Å². The van der Waals surface area contributed by atoms with Crippen LogP contribution >= 0.6 is 0 Å². The summed E-state index contributed by atoms with van der Waals surface area (Å²) in [6.45, 7) is 3.74. The van der Waals surface area contributed by atoms with Crippen molar-refractivity contribution < 1.29 is 24.3 Å². The van der Waals surface area contributed by atoms with Crippen LogP contribution in [0.2, 0.25) is 0 Å². The van der Waals surface area contributed by atoms with Crippen LogP contribution in [0.5, 0.6) is 0 Å². The number of urea groups is 1. The predicted octanol–water partition coefficient (Wildman–Crippen LogP) is -1.23. The molecule has 1 saturated heterocycles. The monoisotopic (exact) mass is 343 g/mol. The topological polar surface area (TPSA) is 154 Å². The lowest BCUT2D eigenvalue weighted by molar-refractivity contribution is -0.142. The Morgan fingerprint density at radius 3 is 2.67 bits per heavy atom. The van der Waals surface area contributed by atoms with Crippen LogP contribution in [-0.4, -0.2) is 59.1 Å². The van der Waals surface area contributed by atoms with Crippen molar-refractivity contribution in [1.29, 1.82) is 0 Å². The van der Waals surface area contributed by atoms with E-state index in [4.69, 9.17) is 10.8 Å². The summed E-state index contributed by atoms with van der Waals surface area (Å²) < 4.78 is 0. The summed E-state index contributed by atoms with van der Waals surface area (Å²) in [5.41, 5.74) is 8.04. The molecular formula is C14H25N5O5. The van der Waals surface area contributed by atoms with Crippen molar-refractivity contribution in [3.8, 4) is 0 Å². The zero-order valence-electron chi connectivity index (χ0n) is 13.9. The standard InChI is InChI=1S/C14H25N5O5/c1-8-7-19(14(24)17-11(8)20)18-9(2)12(21)16-10(13(22)23)5-3-4-6-15/h8-10,18H,3-7,15H2,1-2H3,(H,16,21)(H,22,23)(H,17,20,24)/t8?,9-,10-/m0/s1. The molecule has 0 aromatic rings. The van der Waals surface area contributed by atoms with Crippen LogP contribution < -0.4 is 21.8 Å². The first-order chi connectivity index (χ1) is 11.3. The first-order valence-corrected chi connectivity index (χ1v) is 7.88. The van der Waals surface area contributed by atoms with Gasteiger partial charge in [0.15, 0.2) is 0 Å². The van der Waals surface area contributed by atoms with Gasteiger partial charge in [0.05, 0.1) is 12.5 Å². The third kappa shape index (κ3) is 5.78. The van der Waals surface area contributed by atoms with Crippen LogP contribution in [-0.2, 0) is 14.4 Å². The van der Waals surface area contributed by atoms with E-state index < -0.39 is 35.9 Å². The maximum Gasteiger partial charge on any atom is 0.338 e. The average molecular weight is 343 g/mol. The van der Waals surface area contributed by atoms with Crippen LogP contribution in [0, 0.1) is 5.92 Å². The molecule has 1 aliphatic rings. The van der Waals surface area contributed by atoms with Crippen LogP contribution in [0.1, 0.15) is 33.1 Å². The zero-order valence-corrected chi connectivity index (χ0v) is 13.9. The molecule has 1 fully saturated rings. The number of imide groups is 1. The summed E-state index contributed by atoms with van der Waals surface area (Å²) in [4.78, 5) is 46.4. The fraction of sp³-hybridized carbons (Fsp3) is 0.714. The summed E-state index contributed by atoms with van der Waals surface area (Å²) in [5, 5.41) is 14.9. The Morgan fingerprint density at radius 2 is 2.08 bits per heavy atom. The smallest absolute Gasteiger partial charge is 0.338 e. The number of amides is 4. The van der Waals surface area contributed by atoms with E-state index in [-0.39, 0.29) is 18.9 Å². The fourth-order valence-corrected chi connectivity index (χ4v) is 2.19. The number of unbranched alkanes of at least 4 members (excludes halogenated alkanes) is 1. The highest BCUT2D eigenvalue weighted by molar-refractivity contribution is 5.97. The van der Waals surface area contributed by atoms with Crippen molar-refractivity contribution in [2.45, 2.75) is 45.2 Å². The number of carboxylic acid groups (broad SMARTS) is 1. The molecule has 0 aliphatic carbocycles. The number of carbonyl (C=O) groups excluding carboxylic acids is 3. The zero-order chi connectivity index (χ0) is 18.3. The van der Waals surface area contributed by atoms with Gasteiger partial charge in [0.1, 0.15) is 12.1 Å². The van der Waals surface area contributed by atoms with Crippen molar-refractivity contribution >= 4 is 23.8 Å². The predicted molar refractivity (Wildman–Crippen MR) is 84.5 cm³/mol. The molecule has 0 saturated carbocycles. The lowest BCUT2D eigenvalue weighted by atomic mass is 10.1. The van der Waals surface area contributed by atoms with E-state index in [1.54, 1.807) is 6.92 Å². The van der Waals surface area contributed by atoms with Gasteiger partial charge in [0.2, 0.25) is 11.8 Å². The Labute approximate surface area is 140 Å². The first kappa shape index (κ1) is 19.8. The molecule has 1 heterocycles. The second-order valence-corrected chi connectivity index (χ2v) is 5.84. The molecule has 10 nitrogen and oxygen atoms in total. The van der Waals surface area contributed by atoms with E-state index in [0.717, 1.165) is 5.01 Å². The number of rotatable bonds is 9. The van der Waals surface area contributed by atoms with Gasteiger partial charge in [-0.2, -0.15) is 0 Å². The van der Waals surface area contributed by atoms with Crippen LogP contribution in [0.15, 0.2) is 0 Å². The summed E-state index contributed by atoms with van der Waals surface area (Å²) in [6, 6.07) is -2.49. The molecule has 24 heavy (non-hydrogen) atoms. The van der Waals surface area contributed by atoms with Gasteiger partial charge in [-0.1, -0.05) is 6.92 Å². The van der Waals surface area contributed by atoms with Gasteiger partial charge < -0.3 is 16.2 Å². The number of carboxylic acids is 1. The minimum Gasteiger partial charge on any atom is -0.480 e. The Morgan fingerprint density at radius 1 is 1.42 bits per heavy atom. The van der Waals surface area contributed by atoms with Crippen molar-refractivity contribution in [1.82, 2.24) is 21.1 Å². The minimum atomic E-state index is -1.12. The van der Waals surface area contributed by atoms with Crippen LogP contribution in [0.4, 0.5) is 4.79 Å². The number of carbonyl (C=O) groups is 4. The van der Waals surface area contributed by atoms with Crippen LogP contribution in [0.25, 0.3) is 0 Å². The molecule has 1 rings (SSSR count). The maximum absolute atomic E-state index is 12.1. The van der Waals surface area contributed by atoms with Crippen molar-refractivity contribution in [2.24, 2.45) is 11.7 Å². The Kier molecular flexibility index (Phi) is 7.59. The molecule has 0 bridgehead atoms.